The Morgan fingerprint density at radius 3 is 2.79 bits per heavy atom. The summed E-state index contributed by atoms with van der Waals surface area (Å²) in [6.45, 7) is 0. The van der Waals surface area contributed by atoms with Crippen LogP contribution in [-0.4, -0.2) is 8.42 Å². The third kappa shape index (κ3) is 1.95. The minimum atomic E-state index is -2.57. The first-order valence-electron chi connectivity index (χ1n) is 4.49. The topological polar surface area (TPSA) is 34.1 Å². The molecule has 0 unspecified atom stereocenters. The maximum absolute atomic E-state index is 13.3. The van der Waals surface area contributed by atoms with Gasteiger partial charge in [0.1, 0.15) is 16.5 Å². The third-order valence-corrected chi connectivity index (χ3v) is 2.97. The summed E-state index contributed by atoms with van der Waals surface area (Å²) in [4.78, 5) is 0. The van der Waals surface area contributed by atoms with Crippen molar-refractivity contribution in [2.45, 2.75) is 24.5 Å². The summed E-state index contributed by atoms with van der Waals surface area (Å²) in [6.07, 6.45) is 2.07. The van der Waals surface area contributed by atoms with E-state index >= 15 is 0 Å². The number of thiol groups is 1. The average Bonchev–Trinajstić information content (AvgIpc) is 2.90. The minimum absolute atomic E-state index is 0.204. The molecule has 0 saturated heterocycles. The molecule has 2 rings (SSSR count). The highest BCUT2D eigenvalue weighted by molar-refractivity contribution is 7.71. The predicted molar refractivity (Wildman–Crippen MR) is 51.2 cm³/mol. The van der Waals surface area contributed by atoms with Crippen molar-refractivity contribution in [3.8, 4) is 0 Å². The van der Waals surface area contributed by atoms with Gasteiger partial charge in [0.25, 0.3) is 0 Å². The van der Waals surface area contributed by atoms with E-state index in [0.29, 0.717) is 11.5 Å². The van der Waals surface area contributed by atoms with Crippen molar-refractivity contribution >= 4 is 10.7 Å². The summed E-state index contributed by atoms with van der Waals surface area (Å²) in [7, 11) is -2.57. The Morgan fingerprint density at radius 1 is 1.50 bits per heavy atom. The number of rotatable bonds is 3. The van der Waals surface area contributed by atoms with E-state index in [-0.39, 0.29) is 5.75 Å². The molecule has 1 aliphatic rings. The fraction of sp³-hybridized carbons (Fsp3) is 0.400. The van der Waals surface area contributed by atoms with Gasteiger partial charge in [-0.25, -0.2) is 12.8 Å². The first-order valence-corrected chi connectivity index (χ1v) is 5.85. The van der Waals surface area contributed by atoms with Gasteiger partial charge in [0.05, 0.1) is 5.75 Å². The van der Waals surface area contributed by atoms with Crippen LogP contribution >= 0.6 is 0 Å². The summed E-state index contributed by atoms with van der Waals surface area (Å²) in [6, 6.07) is 5.69. The summed E-state index contributed by atoms with van der Waals surface area (Å²) in [5, 5.41) is 0. The van der Waals surface area contributed by atoms with Crippen LogP contribution < -0.4 is 0 Å². The quantitative estimate of drug-likeness (QED) is 0.774. The lowest BCUT2D eigenvalue weighted by molar-refractivity contribution is 0.597. The molecule has 0 N–H and O–H groups in total. The van der Waals surface area contributed by atoms with Crippen LogP contribution in [0.3, 0.4) is 0 Å². The summed E-state index contributed by atoms with van der Waals surface area (Å²) in [5.74, 6) is -0.359. The van der Waals surface area contributed by atoms with Crippen LogP contribution in [0.15, 0.2) is 12.1 Å². The average molecular weight is 213 g/mol. The molecule has 0 bridgehead atoms. The third-order valence-electron chi connectivity index (χ3n) is 2.39. The molecule has 1 aliphatic carbocycles. The second kappa shape index (κ2) is 3.69. The number of hydrogen-bond acceptors (Lipinski definition) is 2. The Hall–Kier alpha value is -0.900. The molecule has 1 saturated carbocycles. The highest BCUT2D eigenvalue weighted by Crippen LogP contribution is 2.42. The standard InChI is InChI=1S/C10H10FO2S/c11-10-3-1-2-8(7-4-5-7)9(10)6-14(12)13/h1-2,7,14H,4-6H2. The second-order valence-electron chi connectivity index (χ2n) is 3.49. The molecule has 1 aromatic rings. The lowest BCUT2D eigenvalue weighted by Gasteiger charge is -2.05. The molecule has 1 fully saturated rings. The van der Waals surface area contributed by atoms with E-state index in [2.05, 4.69) is 6.07 Å². The van der Waals surface area contributed by atoms with Gasteiger partial charge >= 0.3 is 0 Å². The van der Waals surface area contributed by atoms with Gasteiger partial charge in [-0.3, -0.25) is 0 Å². The van der Waals surface area contributed by atoms with Gasteiger partial charge in [-0.15, -0.1) is 0 Å². The minimum Gasteiger partial charge on any atom is -0.232 e. The van der Waals surface area contributed by atoms with Crippen LogP contribution in [0.25, 0.3) is 0 Å². The van der Waals surface area contributed by atoms with Gasteiger partial charge in [-0.1, -0.05) is 12.1 Å². The first kappa shape index (κ1) is 9.65. The van der Waals surface area contributed by atoms with Gasteiger partial charge in [0, 0.05) is 11.6 Å². The molecule has 0 heterocycles. The lowest BCUT2D eigenvalue weighted by atomic mass is 10.0. The van der Waals surface area contributed by atoms with E-state index in [1.165, 1.54) is 6.07 Å². The lowest BCUT2D eigenvalue weighted by Crippen LogP contribution is -1.98. The monoisotopic (exact) mass is 213 g/mol. The second-order valence-corrected chi connectivity index (χ2v) is 4.47. The van der Waals surface area contributed by atoms with Crippen LogP contribution in [-0.2, 0) is 16.5 Å². The number of hydrogen-bond donors (Lipinski definition) is 1. The van der Waals surface area contributed by atoms with Gasteiger partial charge in [-0.2, -0.15) is 0 Å². The van der Waals surface area contributed by atoms with Crippen molar-refractivity contribution in [1.82, 2.24) is 0 Å². The van der Waals surface area contributed by atoms with Gasteiger partial charge in [0.2, 0.25) is 0 Å². The van der Waals surface area contributed by atoms with Crippen LogP contribution in [0.5, 0.6) is 0 Å². The van der Waals surface area contributed by atoms with Crippen molar-refractivity contribution < 1.29 is 12.8 Å². The zero-order valence-corrected chi connectivity index (χ0v) is 8.39. The van der Waals surface area contributed by atoms with Crippen molar-refractivity contribution in [3.63, 3.8) is 0 Å². The molecule has 14 heavy (non-hydrogen) atoms. The van der Waals surface area contributed by atoms with Crippen molar-refractivity contribution in [1.29, 1.82) is 0 Å². The fourth-order valence-electron chi connectivity index (χ4n) is 1.59. The van der Waals surface area contributed by atoms with Crippen LogP contribution in [0.1, 0.15) is 29.9 Å². The molecule has 0 atom stereocenters. The zero-order valence-electron chi connectivity index (χ0n) is 7.50. The molecule has 4 heteroatoms. The Kier molecular flexibility index (Phi) is 2.54. The molecular formula is C10H10FO2S. The van der Waals surface area contributed by atoms with E-state index in [9.17, 15) is 12.8 Å². The molecule has 75 valence electrons. The van der Waals surface area contributed by atoms with Crippen molar-refractivity contribution in [2.24, 2.45) is 0 Å². The smallest absolute Gasteiger partial charge is 0.144 e. The zero-order chi connectivity index (χ0) is 10.1. The highest BCUT2D eigenvalue weighted by Gasteiger charge is 2.27. The van der Waals surface area contributed by atoms with Gasteiger partial charge in [-0.05, 0) is 24.3 Å². The molecule has 0 aromatic heterocycles. The summed E-state index contributed by atoms with van der Waals surface area (Å²) >= 11 is 0. The van der Waals surface area contributed by atoms with Crippen LogP contribution in [0, 0.1) is 11.9 Å². The van der Waals surface area contributed by atoms with Crippen molar-refractivity contribution in [3.05, 3.63) is 35.1 Å². The largest absolute Gasteiger partial charge is 0.232 e. The van der Waals surface area contributed by atoms with E-state index in [4.69, 9.17) is 0 Å². The molecule has 0 spiro atoms. The maximum atomic E-state index is 13.3. The highest BCUT2D eigenvalue weighted by atomic mass is 32.2. The normalized spacial score (nSPS) is 16.1. The van der Waals surface area contributed by atoms with E-state index in [0.717, 1.165) is 18.4 Å². The Labute approximate surface area is 83.7 Å². The van der Waals surface area contributed by atoms with Crippen LogP contribution in [0.4, 0.5) is 4.39 Å². The van der Waals surface area contributed by atoms with E-state index in [1.54, 1.807) is 6.07 Å². The molecule has 0 amide bonds. The van der Waals surface area contributed by atoms with E-state index in [1.807, 2.05) is 0 Å². The van der Waals surface area contributed by atoms with Crippen LogP contribution in [0.2, 0.25) is 0 Å². The van der Waals surface area contributed by atoms with Crippen molar-refractivity contribution in [2.75, 3.05) is 0 Å². The summed E-state index contributed by atoms with van der Waals surface area (Å²) in [5.41, 5.74) is 1.16. The fourth-order valence-corrected chi connectivity index (χ4v) is 2.17. The Morgan fingerprint density at radius 2 is 2.21 bits per heavy atom. The predicted octanol–water partition coefficient (Wildman–Crippen LogP) is 1.61. The van der Waals surface area contributed by atoms with Gasteiger partial charge in [0.15, 0.2) is 0 Å². The maximum Gasteiger partial charge on any atom is 0.144 e. The Bertz CT molecular complexity index is 414. The molecule has 0 aliphatic heterocycles. The summed E-state index contributed by atoms with van der Waals surface area (Å²) < 4.78 is 34.4. The SMILES string of the molecule is O=[SH](=O)Cc1c(F)[c]ccc1C1CC1. The van der Waals surface area contributed by atoms with Gasteiger partial charge < -0.3 is 0 Å². The number of benzene rings is 1. The van der Waals surface area contributed by atoms with E-state index < -0.39 is 16.5 Å². The molecule has 1 aromatic carbocycles. The first-order chi connectivity index (χ1) is 6.68. The Balaban J connectivity index is 2.42. The number of halogens is 1. The molecule has 2 nitrogen and oxygen atoms in total. The molecule has 1 radical (unpaired) electrons. The molecular weight excluding hydrogens is 203 g/mol.